The number of sulfonamides is 1. The summed E-state index contributed by atoms with van der Waals surface area (Å²) in [6.45, 7) is 4.45. The number of halogens is 2. The second-order valence-corrected chi connectivity index (χ2v) is 13.1. The van der Waals surface area contributed by atoms with Gasteiger partial charge in [-0.2, -0.15) is 0 Å². The normalized spacial score (nSPS) is 14.9. The van der Waals surface area contributed by atoms with Gasteiger partial charge in [-0.3, -0.25) is 14.4 Å². The second-order valence-electron chi connectivity index (χ2n) is 10.5. The maximum Gasteiger partial charge on any atom is 0.269 e. The molecule has 210 valence electrons. The Kier molecular flexibility index (Phi) is 8.58. The summed E-state index contributed by atoms with van der Waals surface area (Å²) >= 11 is 12.9. The van der Waals surface area contributed by atoms with Crippen LogP contribution >= 0.6 is 23.2 Å². The predicted molar refractivity (Wildman–Crippen MR) is 154 cm³/mol. The SMILES string of the molecule is CC(C)(C)NC(=O)C(Cc1ccccc1)N(Cc1c(Cl)cccc1Cl)C(=O)CN1C(=O)c2ccccc2S1(=O)=O. The van der Waals surface area contributed by atoms with Crippen LogP contribution in [-0.4, -0.2) is 53.5 Å². The minimum Gasteiger partial charge on any atom is -0.350 e. The number of amides is 3. The topological polar surface area (TPSA) is 104 Å². The van der Waals surface area contributed by atoms with Crippen molar-refractivity contribution in [1.29, 1.82) is 0 Å². The molecule has 0 fully saturated rings. The average Bonchev–Trinajstić information content (AvgIpc) is 3.08. The Morgan fingerprint density at radius 3 is 2.12 bits per heavy atom. The predicted octanol–water partition coefficient (Wildman–Crippen LogP) is 4.69. The van der Waals surface area contributed by atoms with Gasteiger partial charge in [0.25, 0.3) is 15.9 Å². The first kappa shape index (κ1) is 29.6. The van der Waals surface area contributed by atoms with Gasteiger partial charge in [-0.05, 0) is 50.6 Å². The van der Waals surface area contributed by atoms with Crippen LogP contribution < -0.4 is 5.32 Å². The van der Waals surface area contributed by atoms with E-state index >= 15 is 0 Å². The Bertz CT molecular complexity index is 1540. The molecular formula is C29H29Cl2N3O5S. The monoisotopic (exact) mass is 601 g/mol. The highest BCUT2D eigenvalue weighted by Crippen LogP contribution is 2.31. The van der Waals surface area contributed by atoms with Crippen molar-refractivity contribution in [3.05, 3.63) is 99.5 Å². The third kappa shape index (κ3) is 6.32. The van der Waals surface area contributed by atoms with E-state index in [1.807, 2.05) is 51.1 Å². The summed E-state index contributed by atoms with van der Waals surface area (Å²) in [5, 5.41) is 3.48. The zero-order valence-electron chi connectivity index (χ0n) is 22.2. The van der Waals surface area contributed by atoms with E-state index in [1.54, 1.807) is 24.3 Å². The van der Waals surface area contributed by atoms with Crippen LogP contribution in [0, 0.1) is 0 Å². The van der Waals surface area contributed by atoms with Gasteiger partial charge in [0, 0.05) is 34.1 Å². The quantitative estimate of drug-likeness (QED) is 0.403. The summed E-state index contributed by atoms with van der Waals surface area (Å²) in [6.07, 6.45) is 0.123. The van der Waals surface area contributed by atoms with E-state index in [4.69, 9.17) is 23.2 Å². The van der Waals surface area contributed by atoms with Gasteiger partial charge in [-0.15, -0.1) is 0 Å². The molecule has 11 heteroatoms. The lowest BCUT2D eigenvalue weighted by atomic mass is 10.0. The molecule has 0 saturated carbocycles. The van der Waals surface area contributed by atoms with Gasteiger partial charge >= 0.3 is 0 Å². The molecule has 0 aromatic heterocycles. The molecule has 3 aromatic rings. The van der Waals surface area contributed by atoms with E-state index in [2.05, 4.69) is 5.32 Å². The highest BCUT2D eigenvalue weighted by molar-refractivity contribution is 7.90. The molecule has 0 aliphatic carbocycles. The number of hydrogen-bond acceptors (Lipinski definition) is 5. The Labute approximate surface area is 243 Å². The Balaban J connectivity index is 1.77. The van der Waals surface area contributed by atoms with Crippen LogP contribution in [0.1, 0.15) is 42.3 Å². The molecule has 1 atom stereocenters. The van der Waals surface area contributed by atoms with Gasteiger partial charge in [0.15, 0.2) is 0 Å². The molecule has 3 amide bonds. The lowest BCUT2D eigenvalue weighted by Gasteiger charge is -2.34. The molecule has 1 heterocycles. The highest BCUT2D eigenvalue weighted by Gasteiger charge is 2.43. The third-order valence-corrected chi connectivity index (χ3v) is 8.85. The lowest BCUT2D eigenvalue weighted by Crippen LogP contribution is -2.56. The van der Waals surface area contributed by atoms with Crippen molar-refractivity contribution in [3.8, 4) is 0 Å². The van der Waals surface area contributed by atoms with Gasteiger partial charge in [0.05, 0.1) is 5.56 Å². The number of nitrogens with zero attached hydrogens (tertiary/aromatic N) is 2. The number of benzene rings is 3. The fraction of sp³-hybridized carbons (Fsp3) is 0.276. The molecule has 1 aliphatic rings. The lowest BCUT2D eigenvalue weighted by molar-refractivity contribution is -0.141. The van der Waals surface area contributed by atoms with Crippen LogP contribution in [0.15, 0.2) is 77.7 Å². The summed E-state index contributed by atoms with van der Waals surface area (Å²) in [7, 11) is -4.26. The summed E-state index contributed by atoms with van der Waals surface area (Å²) in [4.78, 5) is 41.9. The van der Waals surface area contributed by atoms with Gasteiger partial charge in [0.2, 0.25) is 11.8 Å². The fourth-order valence-corrected chi connectivity index (χ4v) is 6.50. The molecule has 0 bridgehead atoms. The fourth-order valence-electron chi connectivity index (χ4n) is 4.46. The molecule has 0 saturated heterocycles. The molecular weight excluding hydrogens is 573 g/mol. The number of carbonyl (C=O) groups is 3. The van der Waals surface area contributed by atoms with Crippen molar-refractivity contribution in [2.75, 3.05) is 6.54 Å². The maximum absolute atomic E-state index is 14.0. The average molecular weight is 603 g/mol. The second kappa shape index (κ2) is 11.6. The molecule has 1 unspecified atom stereocenters. The minimum absolute atomic E-state index is 0.0118. The van der Waals surface area contributed by atoms with Gasteiger partial charge in [0.1, 0.15) is 17.5 Å². The molecule has 1 N–H and O–H groups in total. The third-order valence-electron chi connectivity index (χ3n) is 6.35. The van der Waals surface area contributed by atoms with Gasteiger partial charge in [-0.1, -0.05) is 71.7 Å². The first-order chi connectivity index (χ1) is 18.8. The smallest absolute Gasteiger partial charge is 0.269 e. The van der Waals surface area contributed by atoms with Gasteiger partial charge in [-0.25, -0.2) is 12.7 Å². The number of fused-ring (bicyclic) bond motifs is 1. The van der Waals surface area contributed by atoms with Crippen molar-refractivity contribution in [3.63, 3.8) is 0 Å². The molecule has 1 aliphatic heterocycles. The Morgan fingerprint density at radius 1 is 0.925 bits per heavy atom. The number of nitrogens with one attached hydrogen (secondary N) is 1. The van der Waals surface area contributed by atoms with Crippen molar-refractivity contribution in [2.24, 2.45) is 0 Å². The van der Waals surface area contributed by atoms with E-state index in [0.29, 0.717) is 9.87 Å². The summed E-state index contributed by atoms with van der Waals surface area (Å²) in [5.74, 6) is -2.02. The molecule has 4 rings (SSSR count). The van der Waals surface area contributed by atoms with Crippen LogP contribution in [0.5, 0.6) is 0 Å². The van der Waals surface area contributed by atoms with E-state index in [-0.39, 0.29) is 33.5 Å². The zero-order valence-corrected chi connectivity index (χ0v) is 24.6. The first-order valence-electron chi connectivity index (χ1n) is 12.5. The van der Waals surface area contributed by atoms with Crippen molar-refractivity contribution in [1.82, 2.24) is 14.5 Å². The maximum atomic E-state index is 14.0. The standard InChI is InChI=1S/C29H29Cl2N3O5S/c1-29(2,3)32-27(36)24(16-19-10-5-4-6-11-19)33(17-21-22(30)13-9-14-23(21)31)26(35)18-34-28(37)20-12-7-8-15-25(20)40(34,38)39/h4-15,24H,16-18H2,1-3H3,(H,32,36). The summed E-state index contributed by atoms with van der Waals surface area (Å²) in [5.41, 5.74) is 0.525. The zero-order chi connectivity index (χ0) is 29.2. The van der Waals surface area contributed by atoms with E-state index in [1.165, 1.54) is 23.1 Å². The van der Waals surface area contributed by atoms with Crippen LogP contribution in [0.2, 0.25) is 10.0 Å². The van der Waals surface area contributed by atoms with Crippen molar-refractivity contribution in [2.45, 2.75) is 50.2 Å². The molecule has 3 aromatic carbocycles. The molecule has 0 radical (unpaired) electrons. The van der Waals surface area contributed by atoms with Crippen LogP contribution in [0.4, 0.5) is 0 Å². The summed E-state index contributed by atoms with van der Waals surface area (Å²) < 4.78 is 27.0. The minimum atomic E-state index is -4.26. The number of carbonyl (C=O) groups excluding carboxylic acids is 3. The van der Waals surface area contributed by atoms with Gasteiger partial charge < -0.3 is 10.2 Å². The number of hydrogen-bond donors (Lipinski definition) is 1. The highest BCUT2D eigenvalue weighted by atomic mass is 35.5. The van der Waals surface area contributed by atoms with E-state index in [9.17, 15) is 22.8 Å². The van der Waals surface area contributed by atoms with Crippen LogP contribution in [0.3, 0.4) is 0 Å². The van der Waals surface area contributed by atoms with Crippen molar-refractivity contribution >= 4 is 50.9 Å². The first-order valence-corrected chi connectivity index (χ1v) is 14.7. The molecule has 40 heavy (non-hydrogen) atoms. The van der Waals surface area contributed by atoms with Crippen molar-refractivity contribution < 1.29 is 22.8 Å². The number of rotatable bonds is 8. The molecule has 0 spiro atoms. The van der Waals surface area contributed by atoms with E-state index < -0.39 is 45.9 Å². The van der Waals surface area contributed by atoms with Crippen LogP contribution in [0.25, 0.3) is 0 Å². The summed E-state index contributed by atoms with van der Waals surface area (Å²) in [6, 6.07) is 18.7. The van der Waals surface area contributed by atoms with Crippen LogP contribution in [-0.2, 0) is 32.6 Å². The Morgan fingerprint density at radius 2 is 1.52 bits per heavy atom. The van der Waals surface area contributed by atoms with E-state index in [0.717, 1.165) is 5.56 Å². The molecule has 8 nitrogen and oxygen atoms in total. The largest absolute Gasteiger partial charge is 0.350 e. The Hall–Kier alpha value is -3.40.